The van der Waals surface area contributed by atoms with Crippen LogP contribution >= 0.6 is 0 Å². The molecule has 0 atom stereocenters. The van der Waals surface area contributed by atoms with Gasteiger partial charge in [0.05, 0.1) is 6.54 Å². The Labute approximate surface area is 121 Å². The molecule has 1 nitrogen and oxygen atoms in total. The fourth-order valence-electron chi connectivity index (χ4n) is 1.29. The molecule has 0 spiro atoms. The van der Waals surface area contributed by atoms with Gasteiger partial charge >= 0.3 is 6.18 Å². The van der Waals surface area contributed by atoms with Crippen LogP contribution in [0.15, 0.2) is 29.5 Å². The topological polar surface area (TPSA) is 3.24 Å². The SMILES string of the molecule is C=C1C(C(F)F)=CC(C)=[C-]N1CC(F)(F)F.[Y]. The molecule has 0 aromatic rings. The van der Waals surface area contributed by atoms with E-state index in [9.17, 15) is 22.0 Å². The van der Waals surface area contributed by atoms with E-state index in [0.29, 0.717) is 4.90 Å². The molecule has 1 aliphatic heterocycles. The van der Waals surface area contributed by atoms with E-state index in [1.54, 1.807) is 0 Å². The molecular weight excluding hydrogens is 318 g/mol. The largest absolute Gasteiger partial charge is 0.448 e. The van der Waals surface area contributed by atoms with Crippen molar-refractivity contribution in [3.63, 3.8) is 0 Å². The molecule has 17 heavy (non-hydrogen) atoms. The molecule has 0 N–H and O–H groups in total. The molecule has 1 heterocycles. The van der Waals surface area contributed by atoms with Crippen LogP contribution in [-0.2, 0) is 32.7 Å². The van der Waals surface area contributed by atoms with E-state index < -0.39 is 24.7 Å². The Bertz CT molecular complexity index is 356. The summed E-state index contributed by atoms with van der Waals surface area (Å²) in [5, 5.41) is 0. The Hall–Kier alpha value is -0.226. The second-order valence-electron chi connectivity index (χ2n) is 3.34. The number of halogens is 5. The summed E-state index contributed by atoms with van der Waals surface area (Å²) in [5.74, 6) is 0. The summed E-state index contributed by atoms with van der Waals surface area (Å²) in [7, 11) is 0. The molecule has 0 saturated carbocycles. The monoisotopic (exact) mass is 327 g/mol. The van der Waals surface area contributed by atoms with Gasteiger partial charge < -0.3 is 4.90 Å². The Balaban J connectivity index is 0.00000256. The molecule has 7 heteroatoms. The first kappa shape index (κ1) is 16.8. The normalized spacial score (nSPS) is 16.6. The standard InChI is InChI=1S/C10H9F5N.Y/c1-6-3-8(9(11)12)7(2)16(4-6)5-10(13,14)15;/h3,9H,2,5H2,1H3;/q-1;. The van der Waals surface area contributed by atoms with Gasteiger partial charge in [0.25, 0.3) is 0 Å². The zero-order chi connectivity index (χ0) is 12.5. The predicted octanol–water partition coefficient (Wildman–Crippen LogP) is 3.27. The maximum atomic E-state index is 12.5. The van der Waals surface area contributed by atoms with Gasteiger partial charge in [-0.25, -0.2) is 8.78 Å². The Morgan fingerprint density at radius 1 is 1.41 bits per heavy atom. The van der Waals surface area contributed by atoms with E-state index in [-0.39, 0.29) is 44.0 Å². The van der Waals surface area contributed by atoms with Crippen LogP contribution in [0.3, 0.4) is 0 Å². The number of hydrogen-bond donors (Lipinski definition) is 0. The minimum atomic E-state index is -4.49. The summed E-state index contributed by atoms with van der Waals surface area (Å²) in [6.07, 6.45) is -3.92. The van der Waals surface area contributed by atoms with Gasteiger partial charge in [-0.15, -0.1) is 12.2 Å². The Morgan fingerprint density at radius 2 is 1.94 bits per heavy atom. The minimum absolute atomic E-state index is 0. The smallest absolute Gasteiger partial charge is 0.404 e. The summed E-state index contributed by atoms with van der Waals surface area (Å²) in [6, 6.07) is 0. The molecule has 93 valence electrons. The predicted molar refractivity (Wildman–Crippen MR) is 48.4 cm³/mol. The maximum Gasteiger partial charge on any atom is 0.404 e. The van der Waals surface area contributed by atoms with Crippen molar-refractivity contribution >= 4 is 0 Å². The van der Waals surface area contributed by atoms with Crippen LogP contribution in [0.1, 0.15) is 6.92 Å². The molecule has 0 aromatic carbocycles. The molecule has 1 radical (unpaired) electrons. The summed E-state index contributed by atoms with van der Waals surface area (Å²) < 4.78 is 61.3. The third kappa shape index (κ3) is 4.88. The molecule has 0 aliphatic carbocycles. The van der Waals surface area contributed by atoms with E-state index in [2.05, 4.69) is 12.8 Å². The summed E-state index contributed by atoms with van der Waals surface area (Å²) in [6.45, 7) is 3.25. The van der Waals surface area contributed by atoms with Crippen LogP contribution in [0.2, 0.25) is 0 Å². The van der Waals surface area contributed by atoms with Crippen LogP contribution in [0.5, 0.6) is 0 Å². The van der Waals surface area contributed by atoms with Crippen LogP contribution in [0, 0.1) is 6.20 Å². The van der Waals surface area contributed by atoms with Crippen molar-refractivity contribution < 1.29 is 54.7 Å². The van der Waals surface area contributed by atoms with Crippen molar-refractivity contribution in [1.29, 1.82) is 0 Å². The summed E-state index contributed by atoms with van der Waals surface area (Å²) in [5.41, 5.74) is -0.648. The molecule has 0 aromatic heterocycles. The zero-order valence-electron chi connectivity index (χ0n) is 8.98. The van der Waals surface area contributed by atoms with E-state index in [4.69, 9.17) is 0 Å². The van der Waals surface area contributed by atoms with Crippen molar-refractivity contribution in [1.82, 2.24) is 4.90 Å². The van der Waals surface area contributed by atoms with Crippen molar-refractivity contribution in [2.75, 3.05) is 6.54 Å². The summed E-state index contributed by atoms with van der Waals surface area (Å²) >= 11 is 0. The number of rotatable bonds is 2. The average molecular weight is 327 g/mol. The van der Waals surface area contributed by atoms with Crippen LogP contribution in [-0.4, -0.2) is 24.0 Å². The van der Waals surface area contributed by atoms with Gasteiger partial charge in [0, 0.05) is 32.7 Å². The van der Waals surface area contributed by atoms with Crippen LogP contribution in [0.25, 0.3) is 0 Å². The van der Waals surface area contributed by atoms with Gasteiger partial charge in [0.2, 0.25) is 6.43 Å². The molecule has 1 aliphatic rings. The Kier molecular flexibility index (Phi) is 6.01. The van der Waals surface area contributed by atoms with Crippen molar-refractivity contribution in [3.05, 3.63) is 35.7 Å². The van der Waals surface area contributed by atoms with Gasteiger partial charge in [-0.1, -0.05) is 24.4 Å². The molecule has 0 amide bonds. The number of alkyl halides is 5. The van der Waals surface area contributed by atoms with Crippen molar-refractivity contribution in [2.45, 2.75) is 19.5 Å². The number of hydrogen-bond acceptors (Lipinski definition) is 1. The minimum Gasteiger partial charge on any atom is -0.448 e. The second-order valence-corrected chi connectivity index (χ2v) is 3.34. The van der Waals surface area contributed by atoms with Crippen molar-refractivity contribution in [2.24, 2.45) is 0 Å². The first-order valence-corrected chi connectivity index (χ1v) is 4.34. The average Bonchev–Trinajstić information content (AvgIpc) is 2.07. The second kappa shape index (κ2) is 6.09. The number of nitrogens with zero attached hydrogens (tertiary/aromatic N) is 1. The van der Waals surface area contributed by atoms with E-state index in [1.807, 2.05) is 0 Å². The van der Waals surface area contributed by atoms with Gasteiger partial charge in [0.1, 0.15) is 0 Å². The van der Waals surface area contributed by atoms with E-state index in [1.165, 1.54) is 6.92 Å². The van der Waals surface area contributed by atoms with Crippen LogP contribution in [0.4, 0.5) is 22.0 Å². The number of allylic oxidation sites excluding steroid dienone is 3. The maximum absolute atomic E-state index is 12.5. The third-order valence-electron chi connectivity index (χ3n) is 1.91. The van der Waals surface area contributed by atoms with Gasteiger partial charge in [-0.3, -0.25) is 0 Å². The van der Waals surface area contributed by atoms with Gasteiger partial charge in [-0.2, -0.15) is 19.2 Å². The molecule has 1 rings (SSSR count). The first-order chi connectivity index (χ1) is 7.20. The summed E-state index contributed by atoms with van der Waals surface area (Å²) in [4.78, 5) is 0.566. The van der Waals surface area contributed by atoms with E-state index >= 15 is 0 Å². The van der Waals surface area contributed by atoms with Crippen LogP contribution < -0.4 is 0 Å². The molecule has 0 saturated heterocycles. The molecular formula is C10H9F5NY-. The third-order valence-corrected chi connectivity index (χ3v) is 1.91. The quantitative estimate of drug-likeness (QED) is 0.556. The van der Waals surface area contributed by atoms with E-state index in [0.717, 1.165) is 6.08 Å². The molecule has 0 fully saturated rings. The first-order valence-electron chi connectivity index (χ1n) is 4.34. The fraction of sp³-hybridized carbons (Fsp3) is 0.400. The Morgan fingerprint density at radius 3 is 2.35 bits per heavy atom. The zero-order valence-corrected chi connectivity index (χ0v) is 11.8. The molecule has 0 unspecified atom stereocenters. The van der Waals surface area contributed by atoms with Gasteiger partial charge in [-0.05, 0) is 0 Å². The van der Waals surface area contributed by atoms with Gasteiger partial charge in [0.15, 0.2) is 0 Å². The fourth-order valence-corrected chi connectivity index (χ4v) is 1.29. The molecule has 0 bridgehead atoms. The van der Waals surface area contributed by atoms with Crippen molar-refractivity contribution in [3.8, 4) is 0 Å².